The lowest BCUT2D eigenvalue weighted by molar-refractivity contribution is -0.137. The predicted octanol–water partition coefficient (Wildman–Crippen LogP) is 4.04. The fourth-order valence-corrected chi connectivity index (χ4v) is 3.87. The largest absolute Gasteiger partial charge is 0.481 e. The SMILES string of the molecule is CC(C)(NCCC(=O)N1CC(CCC(=O)O)c2ccc(F)cc21)c1ccccc1. The van der Waals surface area contributed by atoms with Crippen LogP contribution in [0.3, 0.4) is 0 Å². The lowest BCUT2D eigenvalue weighted by atomic mass is 9.94. The number of anilines is 1. The van der Waals surface area contributed by atoms with Crippen LogP contribution in [0.1, 0.15) is 50.2 Å². The first-order valence-corrected chi connectivity index (χ1v) is 9.90. The Kier molecular flexibility index (Phi) is 6.33. The van der Waals surface area contributed by atoms with Gasteiger partial charge in [0, 0.05) is 37.4 Å². The molecule has 0 spiro atoms. The minimum atomic E-state index is -0.870. The number of rotatable bonds is 8. The van der Waals surface area contributed by atoms with Gasteiger partial charge in [0.05, 0.1) is 5.69 Å². The number of nitrogens with one attached hydrogen (secondary N) is 1. The first kappa shape index (κ1) is 21.0. The van der Waals surface area contributed by atoms with Gasteiger partial charge in [0.2, 0.25) is 5.91 Å². The number of aliphatic carboxylic acids is 1. The number of benzene rings is 2. The van der Waals surface area contributed by atoms with Gasteiger partial charge in [-0.15, -0.1) is 0 Å². The third-order valence-corrected chi connectivity index (χ3v) is 5.54. The molecule has 1 aliphatic rings. The van der Waals surface area contributed by atoms with Gasteiger partial charge in [-0.2, -0.15) is 0 Å². The van der Waals surface area contributed by atoms with Crippen molar-refractivity contribution in [2.45, 2.75) is 44.6 Å². The number of nitrogens with zero attached hydrogens (tertiary/aromatic N) is 1. The van der Waals surface area contributed by atoms with Gasteiger partial charge in [-0.25, -0.2) is 4.39 Å². The molecule has 0 aliphatic carbocycles. The Bertz CT molecular complexity index is 883. The highest BCUT2D eigenvalue weighted by Gasteiger charge is 2.32. The molecule has 2 aromatic carbocycles. The van der Waals surface area contributed by atoms with E-state index in [9.17, 15) is 14.0 Å². The van der Waals surface area contributed by atoms with Crippen molar-refractivity contribution in [1.82, 2.24) is 5.32 Å². The van der Waals surface area contributed by atoms with Crippen LogP contribution in [0.15, 0.2) is 48.5 Å². The molecule has 0 radical (unpaired) electrons. The zero-order chi connectivity index (χ0) is 21.0. The summed E-state index contributed by atoms with van der Waals surface area (Å²) >= 11 is 0. The molecule has 6 heteroatoms. The predicted molar refractivity (Wildman–Crippen MR) is 110 cm³/mol. The van der Waals surface area contributed by atoms with E-state index in [1.54, 1.807) is 11.0 Å². The Morgan fingerprint density at radius 3 is 2.59 bits per heavy atom. The highest BCUT2D eigenvalue weighted by Crippen LogP contribution is 2.39. The van der Waals surface area contributed by atoms with E-state index in [4.69, 9.17) is 5.11 Å². The monoisotopic (exact) mass is 398 g/mol. The standard InChI is InChI=1S/C23H27FN2O3/c1-23(2,17-6-4-3-5-7-17)25-13-12-21(27)26-15-16(8-11-22(28)29)19-10-9-18(24)14-20(19)26/h3-7,9-10,14,16,25H,8,11-13,15H2,1-2H3,(H,28,29). The van der Waals surface area contributed by atoms with Crippen molar-refractivity contribution in [2.24, 2.45) is 0 Å². The van der Waals surface area contributed by atoms with Crippen LogP contribution in [-0.2, 0) is 15.1 Å². The van der Waals surface area contributed by atoms with Crippen LogP contribution in [-0.4, -0.2) is 30.1 Å². The number of carbonyl (C=O) groups is 2. The molecule has 2 aromatic rings. The van der Waals surface area contributed by atoms with Crippen molar-refractivity contribution in [3.8, 4) is 0 Å². The molecule has 29 heavy (non-hydrogen) atoms. The van der Waals surface area contributed by atoms with Gasteiger partial charge in [0.25, 0.3) is 0 Å². The molecule has 0 fully saturated rings. The summed E-state index contributed by atoms with van der Waals surface area (Å²) in [5.74, 6) is -1.44. The van der Waals surface area contributed by atoms with Crippen LogP contribution in [0, 0.1) is 5.82 Å². The maximum atomic E-state index is 13.8. The zero-order valence-electron chi connectivity index (χ0n) is 16.8. The number of halogens is 1. The van der Waals surface area contributed by atoms with Crippen molar-refractivity contribution in [3.05, 3.63) is 65.5 Å². The van der Waals surface area contributed by atoms with Gasteiger partial charge in [-0.1, -0.05) is 36.4 Å². The van der Waals surface area contributed by atoms with Gasteiger partial charge in [-0.05, 0) is 43.5 Å². The third kappa shape index (κ3) is 5.01. The number of fused-ring (bicyclic) bond motifs is 1. The van der Waals surface area contributed by atoms with Crippen LogP contribution in [0.25, 0.3) is 0 Å². The van der Waals surface area contributed by atoms with Crippen molar-refractivity contribution in [2.75, 3.05) is 18.0 Å². The second-order valence-electron chi connectivity index (χ2n) is 8.00. The summed E-state index contributed by atoms with van der Waals surface area (Å²) in [6.07, 6.45) is 0.727. The van der Waals surface area contributed by atoms with Gasteiger partial charge >= 0.3 is 5.97 Å². The number of carboxylic acid groups (broad SMARTS) is 1. The lowest BCUT2D eigenvalue weighted by Crippen LogP contribution is -2.39. The van der Waals surface area contributed by atoms with Crippen LogP contribution in [0.2, 0.25) is 0 Å². The summed E-state index contributed by atoms with van der Waals surface area (Å²) in [6.45, 7) is 5.01. The molecule has 0 saturated heterocycles. The second-order valence-corrected chi connectivity index (χ2v) is 8.00. The summed E-state index contributed by atoms with van der Waals surface area (Å²) in [5.41, 5.74) is 2.27. The minimum Gasteiger partial charge on any atom is -0.481 e. The molecule has 154 valence electrons. The fraction of sp³-hybridized carbons (Fsp3) is 0.391. The van der Waals surface area contributed by atoms with E-state index in [1.165, 1.54) is 12.1 Å². The third-order valence-electron chi connectivity index (χ3n) is 5.54. The molecule has 1 aliphatic heterocycles. The van der Waals surface area contributed by atoms with Crippen molar-refractivity contribution >= 4 is 17.6 Å². The molecule has 2 N–H and O–H groups in total. The average Bonchev–Trinajstić information content (AvgIpc) is 3.04. The summed E-state index contributed by atoms with van der Waals surface area (Å²) < 4.78 is 13.8. The molecule has 1 heterocycles. The van der Waals surface area contributed by atoms with E-state index in [2.05, 4.69) is 19.2 Å². The second kappa shape index (κ2) is 8.74. The van der Waals surface area contributed by atoms with E-state index >= 15 is 0 Å². The molecule has 5 nitrogen and oxygen atoms in total. The molecule has 0 bridgehead atoms. The van der Waals surface area contributed by atoms with Gasteiger partial charge in [-0.3, -0.25) is 9.59 Å². The van der Waals surface area contributed by atoms with Gasteiger partial charge < -0.3 is 15.3 Å². The van der Waals surface area contributed by atoms with Crippen molar-refractivity contribution in [3.63, 3.8) is 0 Å². The Labute approximate surface area is 170 Å². The fourth-order valence-electron chi connectivity index (χ4n) is 3.87. The summed E-state index contributed by atoms with van der Waals surface area (Å²) in [4.78, 5) is 25.4. The Balaban J connectivity index is 1.65. The molecular weight excluding hydrogens is 371 g/mol. The van der Waals surface area contributed by atoms with E-state index < -0.39 is 11.8 Å². The Morgan fingerprint density at radius 1 is 1.17 bits per heavy atom. The van der Waals surface area contributed by atoms with Gasteiger partial charge in [0.1, 0.15) is 5.82 Å². The molecule has 3 rings (SSSR count). The molecular formula is C23H27FN2O3. The quantitative estimate of drug-likeness (QED) is 0.704. The van der Waals surface area contributed by atoms with E-state index in [1.807, 2.05) is 30.3 Å². The maximum absolute atomic E-state index is 13.8. The van der Waals surface area contributed by atoms with E-state index in [-0.39, 0.29) is 30.2 Å². The topological polar surface area (TPSA) is 69.6 Å². The number of carboxylic acids is 1. The Hall–Kier alpha value is -2.73. The molecule has 1 unspecified atom stereocenters. The molecule has 0 aromatic heterocycles. The van der Waals surface area contributed by atoms with E-state index in [0.717, 1.165) is 11.1 Å². The van der Waals surface area contributed by atoms with Crippen LogP contribution in [0.4, 0.5) is 10.1 Å². The maximum Gasteiger partial charge on any atom is 0.303 e. The first-order valence-electron chi connectivity index (χ1n) is 9.90. The summed E-state index contributed by atoms with van der Waals surface area (Å²) in [5, 5.41) is 12.4. The summed E-state index contributed by atoms with van der Waals surface area (Å²) in [6, 6.07) is 14.4. The van der Waals surface area contributed by atoms with Crippen molar-refractivity contribution < 1.29 is 19.1 Å². The minimum absolute atomic E-state index is 0.0241. The molecule has 0 saturated carbocycles. The smallest absolute Gasteiger partial charge is 0.303 e. The highest BCUT2D eigenvalue weighted by molar-refractivity contribution is 5.96. The lowest BCUT2D eigenvalue weighted by Gasteiger charge is -2.27. The number of hydrogen-bond acceptors (Lipinski definition) is 3. The highest BCUT2D eigenvalue weighted by atomic mass is 19.1. The molecule has 1 atom stereocenters. The normalized spacial score (nSPS) is 16.0. The van der Waals surface area contributed by atoms with E-state index in [0.29, 0.717) is 25.2 Å². The van der Waals surface area contributed by atoms with Crippen LogP contribution in [0.5, 0.6) is 0 Å². The van der Waals surface area contributed by atoms with Gasteiger partial charge in [0.15, 0.2) is 0 Å². The van der Waals surface area contributed by atoms with Crippen LogP contribution >= 0.6 is 0 Å². The first-order chi connectivity index (χ1) is 13.8. The van der Waals surface area contributed by atoms with Crippen LogP contribution < -0.4 is 10.2 Å². The number of carbonyl (C=O) groups excluding carboxylic acids is 1. The molecule has 1 amide bonds. The number of hydrogen-bond donors (Lipinski definition) is 2. The summed E-state index contributed by atoms with van der Waals surface area (Å²) in [7, 11) is 0. The number of amides is 1. The Morgan fingerprint density at radius 2 is 1.90 bits per heavy atom. The zero-order valence-corrected chi connectivity index (χ0v) is 16.8. The van der Waals surface area contributed by atoms with Crippen molar-refractivity contribution in [1.29, 1.82) is 0 Å². The average molecular weight is 398 g/mol.